The van der Waals surface area contributed by atoms with Crippen molar-refractivity contribution in [2.24, 2.45) is 0 Å². The highest BCUT2D eigenvalue weighted by molar-refractivity contribution is 5.90. The zero-order chi connectivity index (χ0) is 16.5. The molecule has 0 radical (unpaired) electrons. The lowest BCUT2D eigenvalue weighted by atomic mass is 10.2. The highest BCUT2D eigenvalue weighted by Crippen LogP contribution is 2.23. The molecule has 2 aromatic rings. The topological polar surface area (TPSA) is 72.5 Å². The number of aromatic nitrogens is 1. The predicted molar refractivity (Wildman–Crippen MR) is 88.9 cm³/mol. The Bertz CT molecular complexity index is 646. The maximum atomic E-state index is 12.1. The SMILES string of the molecule is CCOc1ccccc1NC(=O)NCc1cccnc1OCC. The van der Waals surface area contributed by atoms with Gasteiger partial charge in [-0.05, 0) is 32.0 Å². The molecule has 0 bridgehead atoms. The van der Waals surface area contributed by atoms with E-state index in [1.807, 2.05) is 44.2 Å². The molecule has 0 fully saturated rings. The molecule has 122 valence electrons. The first-order chi connectivity index (χ1) is 11.2. The van der Waals surface area contributed by atoms with Crippen molar-refractivity contribution in [3.63, 3.8) is 0 Å². The highest BCUT2D eigenvalue weighted by Gasteiger charge is 2.09. The Morgan fingerprint density at radius 1 is 1.09 bits per heavy atom. The van der Waals surface area contributed by atoms with E-state index in [2.05, 4.69) is 15.6 Å². The van der Waals surface area contributed by atoms with Gasteiger partial charge in [0.2, 0.25) is 5.88 Å². The van der Waals surface area contributed by atoms with Crippen molar-refractivity contribution in [3.8, 4) is 11.6 Å². The van der Waals surface area contributed by atoms with Crippen LogP contribution in [0, 0.1) is 0 Å². The van der Waals surface area contributed by atoms with Crippen LogP contribution in [0.2, 0.25) is 0 Å². The Labute approximate surface area is 135 Å². The summed E-state index contributed by atoms with van der Waals surface area (Å²) in [4.78, 5) is 16.2. The molecular weight excluding hydrogens is 294 g/mol. The first-order valence-corrected chi connectivity index (χ1v) is 7.58. The minimum atomic E-state index is -0.316. The van der Waals surface area contributed by atoms with Gasteiger partial charge in [-0.25, -0.2) is 9.78 Å². The van der Waals surface area contributed by atoms with Gasteiger partial charge in [0.1, 0.15) is 5.75 Å². The number of nitrogens with one attached hydrogen (secondary N) is 2. The summed E-state index contributed by atoms with van der Waals surface area (Å²) in [7, 11) is 0. The van der Waals surface area contributed by atoms with Gasteiger partial charge in [0, 0.05) is 18.3 Å². The van der Waals surface area contributed by atoms with Crippen LogP contribution in [0.15, 0.2) is 42.6 Å². The summed E-state index contributed by atoms with van der Waals surface area (Å²) in [5.41, 5.74) is 1.45. The van der Waals surface area contributed by atoms with Crippen LogP contribution in [0.4, 0.5) is 10.5 Å². The van der Waals surface area contributed by atoms with Gasteiger partial charge in [-0.1, -0.05) is 18.2 Å². The van der Waals surface area contributed by atoms with Gasteiger partial charge < -0.3 is 20.1 Å². The Morgan fingerprint density at radius 2 is 1.87 bits per heavy atom. The van der Waals surface area contributed by atoms with Crippen LogP contribution in [0.25, 0.3) is 0 Å². The lowest BCUT2D eigenvalue weighted by Crippen LogP contribution is -2.28. The summed E-state index contributed by atoms with van der Waals surface area (Å²) in [6.45, 7) is 5.18. The lowest BCUT2D eigenvalue weighted by Gasteiger charge is -2.13. The molecule has 2 N–H and O–H groups in total. The zero-order valence-electron chi connectivity index (χ0n) is 13.3. The summed E-state index contributed by atoms with van der Waals surface area (Å²) in [6, 6.07) is 10.7. The van der Waals surface area contributed by atoms with Crippen molar-refractivity contribution in [2.45, 2.75) is 20.4 Å². The van der Waals surface area contributed by atoms with Crippen molar-refractivity contribution in [3.05, 3.63) is 48.2 Å². The van der Waals surface area contributed by atoms with Gasteiger partial charge in [-0.15, -0.1) is 0 Å². The van der Waals surface area contributed by atoms with Crippen LogP contribution >= 0.6 is 0 Å². The summed E-state index contributed by atoms with van der Waals surface area (Å²) >= 11 is 0. The number of para-hydroxylation sites is 2. The van der Waals surface area contributed by atoms with Crippen molar-refractivity contribution >= 4 is 11.7 Å². The fraction of sp³-hybridized carbons (Fsp3) is 0.294. The molecule has 2 amide bonds. The maximum Gasteiger partial charge on any atom is 0.319 e. The standard InChI is InChI=1S/C17H21N3O3/c1-3-22-15-10-6-5-9-14(15)20-17(21)19-12-13-8-7-11-18-16(13)23-4-2/h5-11H,3-4,12H2,1-2H3,(H2,19,20,21). The Balaban J connectivity index is 1.96. The Hall–Kier alpha value is -2.76. The number of urea groups is 1. The minimum Gasteiger partial charge on any atom is -0.492 e. The number of rotatable bonds is 7. The molecule has 1 heterocycles. The van der Waals surface area contributed by atoms with Crippen LogP contribution in [0.3, 0.4) is 0 Å². The third-order valence-corrected chi connectivity index (χ3v) is 3.01. The van der Waals surface area contributed by atoms with Crippen LogP contribution in [-0.2, 0) is 6.54 Å². The smallest absolute Gasteiger partial charge is 0.319 e. The number of carbonyl (C=O) groups is 1. The second-order valence-electron chi connectivity index (χ2n) is 4.64. The number of hydrogen-bond donors (Lipinski definition) is 2. The summed E-state index contributed by atoms with van der Waals surface area (Å²) in [5.74, 6) is 1.17. The molecule has 0 aliphatic rings. The van der Waals surface area contributed by atoms with E-state index in [0.29, 0.717) is 37.1 Å². The molecule has 0 aliphatic heterocycles. The molecule has 2 rings (SSSR count). The van der Waals surface area contributed by atoms with E-state index in [9.17, 15) is 4.79 Å². The van der Waals surface area contributed by atoms with Crippen LogP contribution in [0.1, 0.15) is 19.4 Å². The number of carbonyl (C=O) groups excluding carboxylic acids is 1. The molecule has 0 unspecified atom stereocenters. The molecule has 0 saturated carbocycles. The second-order valence-corrected chi connectivity index (χ2v) is 4.64. The number of ether oxygens (including phenoxy) is 2. The average Bonchev–Trinajstić information content (AvgIpc) is 2.56. The number of hydrogen-bond acceptors (Lipinski definition) is 4. The molecular formula is C17H21N3O3. The first-order valence-electron chi connectivity index (χ1n) is 7.58. The van der Waals surface area contributed by atoms with E-state index in [1.165, 1.54) is 0 Å². The predicted octanol–water partition coefficient (Wildman–Crippen LogP) is 3.20. The third kappa shape index (κ3) is 4.88. The molecule has 6 nitrogen and oxygen atoms in total. The van der Waals surface area contributed by atoms with Crippen molar-refractivity contribution in [1.82, 2.24) is 10.3 Å². The number of pyridine rings is 1. The van der Waals surface area contributed by atoms with E-state index in [1.54, 1.807) is 12.3 Å². The molecule has 0 atom stereocenters. The number of benzene rings is 1. The van der Waals surface area contributed by atoms with Crippen LogP contribution < -0.4 is 20.1 Å². The number of nitrogens with zero attached hydrogens (tertiary/aromatic N) is 1. The lowest BCUT2D eigenvalue weighted by molar-refractivity contribution is 0.251. The molecule has 0 aliphatic carbocycles. The van der Waals surface area contributed by atoms with E-state index in [0.717, 1.165) is 5.56 Å². The molecule has 1 aromatic heterocycles. The molecule has 6 heteroatoms. The van der Waals surface area contributed by atoms with Gasteiger partial charge in [0.05, 0.1) is 18.9 Å². The molecule has 0 spiro atoms. The van der Waals surface area contributed by atoms with E-state index >= 15 is 0 Å². The van der Waals surface area contributed by atoms with Crippen molar-refractivity contribution < 1.29 is 14.3 Å². The van der Waals surface area contributed by atoms with E-state index in [-0.39, 0.29) is 6.03 Å². The maximum absolute atomic E-state index is 12.1. The van der Waals surface area contributed by atoms with Crippen LogP contribution in [0.5, 0.6) is 11.6 Å². The van der Waals surface area contributed by atoms with E-state index < -0.39 is 0 Å². The quantitative estimate of drug-likeness (QED) is 0.823. The molecule has 1 aromatic carbocycles. The molecule has 23 heavy (non-hydrogen) atoms. The minimum absolute atomic E-state index is 0.316. The zero-order valence-corrected chi connectivity index (χ0v) is 13.3. The second kappa shape index (κ2) is 8.63. The summed E-state index contributed by atoms with van der Waals surface area (Å²) < 4.78 is 10.9. The molecule has 0 saturated heterocycles. The normalized spacial score (nSPS) is 10.0. The number of anilines is 1. The summed E-state index contributed by atoms with van der Waals surface area (Å²) in [5, 5.41) is 5.57. The average molecular weight is 315 g/mol. The fourth-order valence-electron chi connectivity index (χ4n) is 2.02. The fourth-order valence-corrected chi connectivity index (χ4v) is 2.02. The highest BCUT2D eigenvalue weighted by atomic mass is 16.5. The van der Waals surface area contributed by atoms with Crippen LogP contribution in [-0.4, -0.2) is 24.2 Å². The van der Waals surface area contributed by atoms with Gasteiger partial charge in [-0.2, -0.15) is 0 Å². The van der Waals surface area contributed by atoms with Crippen molar-refractivity contribution in [1.29, 1.82) is 0 Å². The monoisotopic (exact) mass is 315 g/mol. The van der Waals surface area contributed by atoms with Gasteiger partial charge in [0.15, 0.2) is 0 Å². The summed E-state index contributed by atoms with van der Waals surface area (Å²) in [6.07, 6.45) is 1.66. The Kier molecular flexibility index (Phi) is 6.23. The van der Waals surface area contributed by atoms with Gasteiger partial charge in [-0.3, -0.25) is 0 Å². The van der Waals surface area contributed by atoms with Gasteiger partial charge in [0.25, 0.3) is 0 Å². The van der Waals surface area contributed by atoms with E-state index in [4.69, 9.17) is 9.47 Å². The third-order valence-electron chi connectivity index (χ3n) is 3.01. The van der Waals surface area contributed by atoms with Crippen molar-refractivity contribution in [2.75, 3.05) is 18.5 Å². The first kappa shape index (κ1) is 16.6. The number of amides is 2. The Morgan fingerprint density at radius 3 is 2.65 bits per heavy atom. The largest absolute Gasteiger partial charge is 0.492 e. The van der Waals surface area contributed by atoms with Gasteiger partial charge >= 0.3 is 6.03 Å².